The molecule has 3 nitrogen and oxygen atoms in total. The van der Waals surface area contributed by atoms with E-state index in [9.17, 15) is 4.79 Å². The van der Waals surface area contributed by atoms with Crippen LogP contribution in [0.2, 0.25) is 0 Å². The van der Waals surface area contributed by atoms with Gasteiger partial charge >= 0.3 is 0 Å². The fourth-order valence-electron chi connectivity index (χ4n) is 5.82. The molecule has 1 atom stereocenters. The smallest absolute Gasteiger partial charge is 0.251 e. The molecular weight excluding hydrogens is 272 g/mol. The van der Waals surface area contributed by atoms with Gasteiger partial charge in [0.2, 0.25) is 0 Å². The summed E-state index contributed by atoms with van der Waals surface area (Å²) in [4.78, 5) is 12.5. The topological polar surface area (TPSA) is 55.1 Å². The van der Waals surface area contributed by atoms with Gasteiger partial charge in [0, 0.05) is 17.3 Å². The van der Waals surface area contributed by atoms with E-state index in [-0.39, 0.29) is 11.9 Å². The molecular formula is C19H26N2O. The van der Waals surface area contributed by atoms with Crippen LogP contribution in [0.3, 0.4) is 0 Å². The van der Waals surface area contributed by atoms with E-state index < -0.39 is 0 Å². The van der Waals surface area contributed by atoms with Crippen LogP contribution in [-0.4, -0.2) is 11.9 Å². The van der Waals surface area contributed by atoms with Gasteiger partial charge in [-0.3, -0.25) is 4.79 Å². The summed E-state index contributed by atoms with van der Waals surface area (Å²) in [6.45, 7) is 2.22. The molecule has 0 aromatic heterocycles. The van der Waals surface area contributed by atoms with Crippen molar-refractivity contribution in [3.05, 3.63) is 29.8 Å². The highest BCUT2D eigenvalue weighted by atomic mass is 16.1. The predicted octanol–water partition coefficient (Wildman–Crippen LogP) is 3.60. The Hall–Kier alpha value is -1.51. The summed E-state index contributed by atoms with van der Waals surface area (Å²) < 4.78 is 0. The first-order valence-corrected chi connectivity index (χ1v) is 8.70. The largest absolute Gasteiger partial charge is 0.399 e. The molecule has 4 aliphatic rings. The number of amides is 1. The second-order valence-corrected chi connectivity index (χ2v) is 8.10. The summed E-state index contributed by atoms with van der Waals surface area (Å²) in [6.07, 6.45) is 8.27. The van der Waals surface area contributed by atoms with Gasteiger partial charge in [0.1, 0.15) is 0 Å². The molecule has 3 heteroatoms. The van der Waals surface area contributed by atoms with Crippen LogP contribution < -0.4 is 11.1 Å². The molecule has 4 saturated carbocycles. The number of nitrogens with two attached hydrogens (primary N) is 1. The number of anilines is 1. The Morgan fingerprint density at radius 2 is 1.77 bits per heavy atom. The van der Waals surface area contributed by atoms with Gasteiger partial charge in [-0.2, -0.15) is 0 Å². The third-order valence-electron chi connectivity index (χ3n) is 6.50. The van der Waals surface area contributed by atoms with Crippen LogP contribution >= 0.6 is 0 Å². The molecule has 0 aliphatic heterocycles. The van der Waals surface area contributed by atoms with Crippen molar-refractivity contribution in [2.45, 2.75) is 51.5 Å². The van der Waals surface area contributed by atoms with E-state index in [1.807, 2.05) is 18.2 Å². The molecule has 4 bridgehead atoms. The quantitative estimate of drug-likeness (QED) is 0.838. The molecule has 1 aromatic rings. The number of carbonyl (C=O) groups is 1. The average molecular weight is 298 g/mol. The monoisotopic (exact) mass is 298 g/mol. The molecule has 3 N–H and O–H groups in total. The highest BCUT2D eigenvalue weighted by molar-refractivity contribution is 5.95. The van der Waals surface area contributed by atoms with E-state index in [0.29, 0.717) is 16.7 Å². The lowest BCUT2D eigenvalue weighted by molar-refractivity contribution is -0.0688. The summed E-state index contributed by atoms with van der Waals surface area (Å²) in [7, 11) is 0. The third kappa shape index (κ3) is 2.31. The molecule has 1 amide bonds. The van der Waals surface area contributed by atoms with Gasteiger partial charge in [0.05, 0.1) is 0 Å². The zero-order valence-electron chi connectivity index (χ0n) is 13.3. The number of hydrogen-bond donors (Lipinski definition) is 2. The van der Waals surface area contributed by atoms with Gasteiger partial charge in [-0.05, 0) is 86.8 Å². The van der Waals surface area contributed by atoms with E-state index in [2.05, 4.69) is 12.2 Å². The SMILES string of the molecule is CC(NC(=O)c1cccc(N)c1)C12CC3CC(CC(C3)C1)C2. The van der Waals surface area contributed by atoms with Crippen LogP contribution in [-0.2, 0) is 0 Å². The number of rotatable bonds is 3. The molecule has 22 heavy (non-hydrogen) atoms. The van der Waals surface area contributed by atoms with Gasteiger partial charge in [0.25, 0.3) is 5.91 Å². The maximum absolute atomic E-state index is 12.5. The van der Waals surface area contributed by atoms with Crippen LogP contribution in [0.25, 0.3) is 0 Å². The van der Waals surface area contributed by atoms with Crippen molar-refractivity contribution >= 4 is 11.6 Å². The lowest BCUT2D eigenvalue weighted by atomic mass is 9.48. The van der Waals surface area contributed by atoms with Crippen LogP contribution in [0, 0.1) is 23.2 Å². The van der Waals surface area contributed by atoms with Gasteiger partial charge in [-0.25, -0.2) is 0 Å². The molecule has 4 fully saturated rings. The van der Waals surface area contributed by atoms with Gasteiger partial charge in [0.15, 0.2) is 0 Å². The Morgan fingerprint density at radius 1 is 1.18 bits per heavy atom. The normalized spacial score (nSPS) is 37.0. The van der Waals surface area contributed by atoms with Crippen molar-refractivity contribution in [1.29, 1.82) is 0 Å². The zero-order chi connectivity index (χ0) is 15.3. The van der Waals surface area contributed by atoms with Crippen LogP contribution in [0.1, 0.15) is 55.8 Å². The second-order valence-electron chi connectivity index (χ2n) is 8.10. The minimum absolute atomic E-state index is 0.0237. The van der Waals surface area contributed by atoms with Crippen molar-refractivity contribution < 1.29 is 4.79 Å². The van der Waals surface area contributed by atoms with Gasteiger partial charge < -0.3 is 11.1 Å². The Morgan fingerprint density at radius 3 is 2.32 bits per heavy atom. The lowest BCUT2D eigenvalue weighted by Crippen LogP contribution is -2.55. The van der Waals surface area contributed by atoms with E-state index in [4.69, 9.17) is 5.73 Å². The molecule has 0 heterocycles. The summed E-state index contributed by atoms with van der Waals surface area (Å²) in [5.74, 6) is 2.77. The van der Waals surface area contributed by atoms with Crippen molar-refractivity contribution in [1.82, 2.24) is 5.32 Å². The number of benzene rings is 1. The number of nitrogens with one attached hydrogen (secondary N) is 1. The van der Waals surface area contributed by atoms with Crippen LogP contribution in [0.5, 0.6) is 0 Å². The number of hydrogen-bond acceptors (Lipinski definition) is 2. The first-order chi connectivity index (χ1) is 10.5. The summed E-state index contributed by atoms with van der Waals surface area (Å²) in [5, 5.41) is 3.29. The van der Waals surface area contributed by atoms with E-state index in [0.717, 1.165) is 17.8 Å². The fourth-order valence-corrected chi connectivity index (χ4v) is 5.82. The maximum Gasteiger partial charge on any atom is 0.251 e. The van der Waals surface area contributed by atoms with E-state index in [1.165, 1.54) is 38.5 Å². The molecule has 1 aromatic carbocycles. The Kier molecular flexibility index (Phi) is 3.21. The van der Waals surface area contributed by atoms with E-state index in [1.54, 1.807) is 6.07 Å². The van der Waals surface area contributed by atoms with Crippen molar-refractivity contribution in [3.8, 4) is 0 Å². The predicted molar refractivity (Wildman–Crippen MR) is 88.4 cm³/mol. The van der Waals surface area contributed by atoms with Gasteiger partial charge in [-0.15, -0.1) is 0 Å². The first kappa shape index (κ1) is 14.1. The standard InChI is InChI=1S/C19H26N2O/c1-12(21-18(22)16-3-2-4-17(20)8-16)19-9-13-5-14(10-19)7-15(6-13)11-19/h2-4,8,12-15H,5-7,9-11,20H2,1H3,(H,21,22). The van der Waals surface area contributed by atoms with Crippen molar-refractivity contribution in [3.63, 3.8) is 0 Å². The summed E-state index contributed by atoms with van der Waals surface area (Å²) in [6, 6.07) is 7.54. The number of nitrogen functional groups attached to an aromatic ring is 1. The Bertz CT molecular complexity index is 560. The summed E-state index contributed by atoms with van der Waals surface area (Å²) >= 11 is 0. The number of carbonyl (C=O) groups excluding carboxylic acids is 1. The van der Waals surface area contributed by atoms with Crippen molar-refractivity contribution in [2.75, 3.05) is 5.73 Å². The second kappa shape index (κ2) is 5.00. The molecule has 4 aliphatic carbocycles. The highest BCUT2D eigenvalue weighted by Crippen LogP contribution is 2.61. The Balaban J connectivity index is 1.50. The molecule has 5 rings (SSSR count). The average Bonchev–Trinajstić information content (AvgIpc) is 2.45. The molecule has 0 radical (unpaired) electrons. The third-order valence-corrected chi connectivity index (χ3v) is 6.50. The van der Waals surface area contributed by atoms with E-state index >= 15 is 0 Å². The summed E-state index contributed by atoms with van der Waals surface area (Å²) in [5.41, 5.74) is 7.47. The molecule has 1 unspecified atom stereocenters. The molecule has 0 saturated heterocycles. The van der Waals surface area contributed by atoms with Crippen molar-refractivity contribution in [2.24, 2.45) is 23.2 Å². The fraction of sp³-hybridized carbons (Fsp3) is 0.632. The zero-order valence-corrected chi connectivity index (χ0v) is 13.3. The molecule has 118 valence electrons. The minimum atomic E-state index is 0.0237. The van der Waals surface area contributed by atoms with Crippen LogP contribution in [0.15, 0.2) is 24.3 Å². The van der Waals surface area contributed by atoms with Gasteiger partial charge in [-0.1, -0.05) is 6.07 Å². The highest BCUT2D eigenvalue weighted by Gasteiger charge is 2.53. The van der Waals surface area contributed by atoms with Crippen LogP contribution in [0.4, 0.5) is 5.69 Å². The lowest BCUT2D eigenvalue weighted by Gasteiger charge is -2.59. The first-order valence-electron chi connectivity index (χ1n) is 8.70. The maximum atomic E-state index is 12.5. The molecule has 0 spiro atoms. The minimum Gasteiger partial charge on any atom is -0.399 e. The Labute approximate surface area is 132 Å².